The first-order chi connectivity index (χ1) is 12.4. The van der Waals surface area contributed by atoms with Gasteiger partial charge < -0.3 is 9.47 Å². The Morgan fingerprint density at radius 2 is 1.96 bits per heavy atom. The van der Waals surface area contributed by atoms with E-state index in [-0.39, 0.29) is 0 Å². The van der Waals surface area contributed by atoms with Gasteiger partial charge in [0.25, 0.3) is 0 Å². The van der Waals surface area contributed by atoms with Gasteiger partial charge in [-0.15, -0.1) is 0 Å². The zero-order chi connectivity index (χ0) is 16.9. The second-order valence-corrected chi connectivity index (χ2v) is 5.92. The molecular formula is C19H20N4O2. The smallest absolute Gasteiger partial charge is 0.232 e. The van der Waals surface area contributed by atoms with Crippen LogP contribution >= 0.6 is 0 Å². The number of fused-ring (bicyclic) bond motifs is 1. The maximum absolute atomic E-state index is 5.81. The molecule has 25 heavy (non-hydrogen) atoms. The predicted octanol–water partition coefficient (Wildman–Crippen LogP) is 2.40. The molecule has 6 nitrogen and oxygen atoms in total. The van der Waals surface area contributed by atoms with E-state index < -0.39 is 0 Å². The average molecular weight is 336 g/mol. The summed E-state index contributed by atoms with van der Waals surface area (Å²) in [6.07, 6.45) is 5.22. The van der Waals surface area contributed by atoms with Crippen LogP contribution in [0.2, 0.25) is 0 Å². The third-order valence-corrected chi connectivity index (χ3v) is 4.30. The maximum atomic E-state index is 5.81. The van der Waals surface area contributed by atoms with Crippen LogP contribution in [0.1, 0.15) is 0 Å². The van der Waals surface area contributed by atoms with Crippen LogP contribution in [-0.2, 0) is 4.74 Å². The van der Waals surface area contributed by atoms with Gasteiger partial charge in [0.1, 0.15) is 6.61 Å². The number of nitrogens with zero attached hydrogens (tertiary/aromatic N) is 4. The number of aromatic nitrogens is 3. The molecule has 1 aliphatic heterocycles. The minimum absolute atomic E-state index is 0.548. The highest BCUT2D eigenvalue weighted by Crippen LogP contribution is 2.26. The highest BCUT2D eigenvalue weighted by Gasteiger charge is 2.11. The first-order valence-corrected chi connectivity index (χ1v) is 8.49. The molecule has 1 fully saturated rings. The Morgan fingerprint density at radius 1 is 1.08 bits per heavy atom. The van der Waals surface area contributed by atoms with Gasteiger partial charge in [-0.25, -0.2) is 4.98 Å². The van der Waals surface area contributed by atoms with E-state index in [4.69, 9.17) is 9.47 Å². The van der Waals surface area contributed by atoms with Crippen molar-refractivity contribution in [3.8, 4) is 17.1 Å². The van der Waals surface area contributed by atoms with Crippen LogP contribution in [-0.4, -0.2) is 59.3 Å². The number of benzene rings is 1. The molecule has 0 saturated carbocycles. The van der Waals surface area contributed by atoms with Gasteiger partial charge in [0, 0.05) is 36.8 Å². The lowest BCUT2D eigenvalue weighted by Crippen LogP contribution is -2.38. The summed E-state index contributed by atoms with van der Waals surface area (Å²) in [6, 6.07) is 9.99. The van der Waals surface area contributed by atoms with Gasteiger partial charge in [-0.05, 0) is 12.1 Å². The SMILES string of the molecule is c1ccc2c(-c3cncc(OCCN4CCOCC4)n3)ccnc2c1. The minimum atomic E-state index is 0.548. The van der Waals surface area contributed by atoms with E-state index in [1.807, 2.05) is 30.3 Å². The van der Waals surface area contributed by atoms with E-state index >= 15 is 0 Å². The quantitative estimate of drug-likeness (QED) is 0.713. The summed E-state index contributed by atoms with van der Waals surface area (Å²) in [5.41, 5.74) is 2.75. The third-order valence-electron chi connectivity index (χ3n) is 4.30. The number of morpholine rings is 1. The molecule has 1 saturated heterocycles. The topological polar surface area (TPSA) is 60.4 Å². The summed E-state index contributed by atoms with van der Waals surface area (Å²) in [4.78, 5) is 15.6. The fraction of sp³-hybridized carbons (Fsp3) is 0.316. The monoisotopic (exact) mass is 336 g/mol. The molecule has 1 aliphatic rings. The molecule has 6 heteroatoms. The van der Waals surface area contributed by atoms with E-state index in [0.717, 1.165) is 55.0 Å². The van der Waals surface area contributed by atoms with Crippen LogP contribution in [0.4, 0.5) is 0 Å². The van der Waals surface area contributed by atoms with E-state index in [1.165, 1.54) is 0 Å². The Hall–Kier alpha value is -2.57. The average Bonchev–Trinajstić information content (AvgIpc) is 2.69. The summed E-state index contributed by atoms with van der Waals surface area (Å²) in [7, 11) is 0. The minimum Gasteiger partial charge on any atom is -0.475 e. The normalized spacial score (nSPS) is 15.4. The largest absolute Gasteiger partial charge is 0.475 e. The van der Waals surface area contributed by atoms with Crippen molar-refractivity contribution in [3.63, 3.8) is 0 Å². The highest BCUT2D eigenvalue weighted by molar-refractivity contribution is 5.93. The zero-order valence-electron chi connectivity index (χ0n) is 14.0. The second kappa shape index (κ2) is 7.55. The molecule has 0 unspecified atom stereocenters. The van der Waals surface area contributed by atoms with Crippen molar-refractivity contribution in [1.82, 2.24) is 19.9 Å². The fourth-order valence-corrected chi connectivity index (χ4v) is 2.97. The molecule has 1 aromatic carbocycles. The molecule has 0 aliphatic carbocycles. The van der Waals surface area contributed by atoms with Crippen molar-refractivity contribution < 1.29 is 9.47 Å². The fourth-order valence-electron chi connectivity index (χ4n) is 2.97. The molecule has 0 radical (unpaired) electrons. The van der Waals surface area contributed by atoms with Gasteiger partial charge in [-0.2, -0.15) is 0 Å². The molecular weight excluding hydrogens is 316 g/mol. The number of rotatable bonds is 5. The van der Waals surface area contributed by atoms with Crippen molar-refractivity contribution in [2.75, 3.05) is 39.5 Å². The number of ether oxygens (including phenoxy) is 2. The molecule has 4 rings (SSSR count). The first-order valence-electron chi connectivity index (χ1n) is 8.49. The molecule has 0 amide bonds. The lowest BCUT2D eigenvalue weighted by atomic mass is 10.1. The first kappa shape index (κ1) is 15.9. The Bertz CT molecular complexity index is 844. The summed E-state index contributed by atoms with van der Waals surface area (Å²) in [5, 5.41) is 1.06. The van der Waals surface area contributed by atoms with Crippen LogP contribution in [0.5, 0.6) is 5.88 Å². The Labute approximate surface area is 146 Å². The maximum Gasteiger partial charge on any atom is 0.232 e. The molecule has 2 aromatic heterocycles. The summed E-state index contributed by atoms with van der Waals surface area (Å²) in [5.74, 6) is 0.548. The van der Waals surface area contributed by atoms with Gasteiger partial charge in [-0.3, -0.25) is 14.9 Å². The third kappa shape index (κ3) is 3.75. The van der Waals surface area contributed by atoms with Crippen molar-refractivity contribution in [2.45, 2.75) is 0 Å². The number of pyridine rings is 1. The molecule has 0 spiro atoms. The van der Waals surface area contributed by atoms with Crippen molar-refractivity contribution in [3.05, 3.63) is 48.9 Å². The van der Waals surface area contributed by atoms with Crippen molar-refractivity contribution in [2.24, 2.45) is 0 Å². The lowest BCUT2D eigenvalue weighted by Gasteiger charge is -2.26. The van der Waals surface area contributed by atoms with Crippen LogP contribution in [0.15, 0.2) is 48.9 Å². The Balaban J connectivity index is 1.49. The molecule has 0 N–H and O–H groups in total. The summed E-state index contributed by atoms with van der Waals surface area (Å²) < 4.78 is 11.2. The Morgan fingerprint density at radius 3 is 2.88 bits per heavy atom. The zero-order valence-corrected chi connectivity index (χ0v) is 14.0. The van der Waals surface area contributed by atoms with Crippen LogP contribution in [0.25, 0.3) is 22.2 Å². The number of hydrogen-bond donors (Lipinski definition) is 0. The standard InChI is InChI=1S/C19H20N4O2/c1-2-4-17-15(3-1)16(5-6-21-17)18-13-20-14-19(22-18)25-12-9-23-7-10-24-11-8-23/h1-6,13-14H,7-12H2. The predicted molar refractivity (Wildman–Crippen MR) is 95.5 cm³/mol. The second-order valence-electron chi connectivity index (χ2n) is 5.92. The van der Waals surface area contributed by atoms with Crippen LogP contribution < -0.4 is 4.74 Å². The summed E-state index contributed by atoms with van der Waals surface area (Å²) >= 11 is 0. The number of hydrogen-bond acceptors (Lipinski definition) is 6. The van der Waals surface area contributed by atoms with E-state index in [2.05, 4.69) is 19.9 Å². The molecule has 0 atom stereocenters. The van der Waals surface area contributed by atoms with Gasteiger partial charge >= 0.3 is 0 Å². The van der Waals surface area contributed by atoms with Gasteiger partial charge in [0.15, 0.2) is 0 Å². The molecule has 128 valence electrons. The highest BCUT2D eigenvalue weighted by atomic mass is 16.5. The van der Waals surface area contributed by atoms with Gasteiger partial charge in [-0.1, -0.05) is 18.2 Å². The van der Waals surface area contributed by atoms with E-state index in [9.17, 15) is 0 Å². The summed E-state index contributed by atoms with van der Waals surface area (Å²) in [6.45, 7) is 4.97. The van der Waals surface area contributed by atoms with Gasteiger partial charge in [0.05, 0.1) is 36.8 Å². The van der Waals surface area contributed by atoms with Crippen molar-refractivity contribution >= 4 is 10.9 Å². The van der Waals surface area contributed by atoms with Crippen LogP contribution in [0.3, 0.4) is 0 Å². The molecule has 0 bridgehead atoms. The van der Waals surface area contributed by atoms with E-state index in [1.54, 1.807) is 18.6 Å². The Kier molecular flexibility index (Phi) is 4.81. The van der Waals surface area contributed by atoms with Crippen molar-refractivity contribution in [1.29, 1.82) is 0 Å². The lowest BCUT2D eigenvalue weighted by molar-refractivity contribution is 0.0320. The number of para-hydroxylation sites is 1. The molecule has 3 heterocycles. The van der Waals surface area contributed by atoms with Crippen LogP contribution in [0, 0.1) is 0 Å². The van der Waals surface area contributed by atoms with Gasteiger partial charge in [0.2, 0.25) is 5.88 Å². The van der Waals surface area contributed by atoms with E-state index in [0.29, 0.717) is 12.5 Å². The molecule has 3 aromatic rings.